The Balaban J connectivity index is 1.49. The first-order valence-electron chi connectivity index (χ1n) is 11.6. The first-order valence-corrected chi connectivity index (χ1v) is 11.6. The lowest BCUT2D eigenvalue weighted by Crippen LogP contribution is -2.45. The number of nitrogens with zero attached hydrogens (tertiary/aromatic N) is 2. The number of hydrogen-bond acceptors (Lipinski definition) is 4. The fourth-order valence-electron chi connectivity index (χ4n) is 6.56. The summed E-state index contributed by atoms with van der Waals surface area (Å²) >= 11 is 0. The third kappa shape index (κ3) is 2.56. The number of hydrogen-bond donors (Lipinski definition) is 1. The quantitative estimate of drug-likeness (QED) is 0.819. The lowest BCUT2D eigenvalue weighted by Gasteiger charge is -2.47. The second-order valence-corrected chi connectivity index (χ2v) is 9.99. The van der Waals surface area contributed by atoms with Crippen molar-refractivity contribution in [3.8, 4) is 0 Å². The summed E-state index contributed by atoms with van der Waals surface area (Å²) in [4.78, 5) is 9.85. The predicted molar refractivity (Wildman–Crippen MR) is 119 cm³/mol. The van der Waals surface area contributed by atoms with Gasteiger partial charge in [0.2, 0.25) is 0 Å². The van der Waals surface area contributed by atoms with E-state index in [0.29, 0.717) is 11.9 Å². The maximum atomic E-state index is 6.54. The maximum Gasteiger partial charge on any atom is 0.127 e. The van der Waals surface area contributed by atoms with Gasteiger partial charge in [0.25, 0.3) is 0 Å². The molecule has 6 rings (SSSR count). The van der Waals surface area contributed by atoms with E-state index in [1.165, 1.54) is 47.9 Å². The van der Waals surface area contributed by atoms with Crippen LogP contribution in [-0.4, -0.2) is 24.0 Å². The van der Waals surface area contributed by atoms with Crippen LogP contribution in [0.1, 0.15) is 72.8 Å². The van der Waals surface area contributed by atoms with Crippen molar-refractivity contribution >= 4 is 5.84 Å². The van der Waals surface area contributed by atoms with Crippen molar-refractivity contribution in [3.63, 3.8) is 0 Å². The van der Waals surface area contributed by atoms with Gasteiger partial charge >= 0.3 is 0 Å². The van der Waals surface area contributed by atoms with Crippen LogP contribution in [-0.2, 0) is 23.1 Å². The number of methoxy groups -OCH3 is 1. The highest BCUT2D eigenvalue weighted by Crippen LogP contribution is 2.64. The summed E-state index contributed by atoms with van der Waals surface area (Å²) in [6, 6.07) is 9.26. The molecule has 1 unspecified atom stereocenters. The lowest BCUT2D eigenvalue weighted by molar-refractivity contribution is 0.00678. The second kappa shape index (κ2) is 6.65. The van der Waals surface area contributed by atoms with Gasteiger partial charge in [-0.25, -0.2) is 0 Å². The Morgan fingerprint density at radius 1 is 1.10 bits per heavy atom. The van der Waals surface area contributed by atoms with Gasteiger partial charge in [0.1, 0.15) is 11.4 Å². The molecule has 2 spiro atoms. The molecule has 2 N–H and O–H groups in total. The van der Waals surface area contributed by atoms with E-state index in [1.54, 1.807) is 0 Å². The van der Waals surface area contributed by atoms with Gasteiger partial charge in [-0.15, -0.1) is 0 Å². The molecule has 0 saturated heterocycles. The predicted octanol–water partition coefficient (Wildman–Crippen LogP) is 4.52. The molecule has 156 valence electrons. The number of amidine groups is 1. The number of aryl methyl sites for hydroxylation is 1. The Morgan fingerprint density at radius 2 is 1.93 bits per heavy atom. The molecule has 1 aromatic heterocycles. The van der Waals surface area contributed by atoms with Crippen LogP contribution in [0.2, 0.25) is 0 Å². The molecule has 30 heavy (non-hydrogen) atoms. The minimum atomic E-state index is -0.385. The molecule has 0 amide bonds. The summed E-state index contributed by atoms with van der Waals surface area (Å²) in [5.74, 6) is 1.63. The first kappa shape index (κ1) is 18.6. The highest BCUT2D eigenvalue weighted by atomic mass is 16.5. The number of fused-ring (bicyclic) bond motifs is 5. The number of benzene rings is 1. The first-order chi connectivity index (χ1) is 14.6. The molecule has 2 heterocycles. The Hall–Kier alpha value is -2.20. The third-order valence-electron chi connectivity index (χ3n) is 8.40. The molecule has 2 saturated carbocycles. The van der Waals surface area contributed by atoms with E-state index in [4.69, 9.17) is 15.5 Å². The van der Waals surface area contributed by atoms with Gasteiger partial charge < -0.3 is 10.5 Å². The van der Waals surface area contributed by atoms with Crippen molar-refractivity contribution in [2.75, 3.05) is 7.11 Å². The highest BCUT2D eigenvalue weighted by molar-refractivity contribution is 6.02. The molecule has 2 aromatic rings. The summed E-state index contributed by atoms with van der Waals surface area (Å²) in [5, 5.41) is 0. The standard InChI is InChI=1S/C26H31N3O/c1-30-20-8-11-25(12-9-20)15-19-7-6-18(5-4-17-2-3-17)14-22(19)26(25)23-16-28-13-10-21(23)24(27)29-26/h6-7,10,13-14,16-17,20H,2-5,8-9,11-12,15H2,1H3,(H2,27,29). The van der Waals surface area contributed by atoms with E-state index >= 15 is 0 Å². The molecule has 0 bridgehead atoms. The molecule has 0 radical (unpaired) electrons. The Bertz CT molecular complexity index is 1020. The van der Waals surface area contributed by atoms with Crippen LogP contribution in [0.25, 0.3) is 0 Å². The average Bonchev–Trinajstić information content (AvgIpc) is 3.52. The number of pyridine rings is 1. The van der Waals surface area contributed by atoms with Crippen molar-refractivity contribution in [2.45, 2.75) is 69.4 Å². The van der Waals surface area contributed by atoms with Crippen molar-refractivity contribution in [1.82, 2.24) is 4.98 Å². The molecular formula is C26H31N3O. The van der Waals surface area contributed by atoms with E-state index in [-0.39, 0.29) is 11.0 Å². The third-order valence-corrected chi connectivity index (χ3v) is 8.40. The van der Waals surface area contributed by atoms with Crippen LogP contribution in [0, 0.1) is 11.3 Å². The van der Waals surface area contributed by atoms with Crippen LogP contribution in [0.15, 0.2) is 41.7 Å². The van der Waals surface area contributed by atoms with E-state index in [2.05, 4.69) is 23.2 Å². The fraction of sp³-hybridized carbons (Fsp3) is 0.538. The topological polar surface area (TPSA) is 60.5 Å². The lowest BCUT2D eigenvalue weighted by atomic mass is 9.59. The van der Waals surface area contributed by atoms with Crippen molar-refractivity contribution in [1.29, 1.82) is 0 Å². The largest absolute Gasteiger partial charge is 0.383 e. The Kier molecular flexibility index (Phi) is 4.11. The minimum Gasteiger partial charge on any atom is -0.383 e. The molecule has 1 atom stereocenters. The number of nitrogens with two attached hydrogens (primary N) is 1. The maximum absolute atomic E-state index is 6.54. The van der Waals surface area contributed by atoms with Crippen LogP contribution in [0.5, 0.6) is 0 Å². The summed E-state index contributed by atoms with van der Waals surface area (Å²) in [6.45, 7) is 0. The number of aromatic nitrogens is 1. The zero-order valence-electron chi connectivity index (χ0n) is 17.9. The monoisotopic (exact) mass is 401 g/mol. The normalized spacial score (nSPS) is 31.8. The van der Waals surface area contributed by atoms with Gasteiger partial charge in [-0.1, -0.05) is 31.0 Å². The van der Waals surface area contributed by atoms with Crippen molar-refractivity contribution in [3.05, 3.63) is 64.5 Å². The molecule has 2 fully saturated rings. The van der Waals surface area contributed by atoms with Gasteiger partial charge in [0, 0.05) is 36.0 Å². The molecule has 4 nitrogen and oxygen atoms in total. The zero-order valence-corrected chi connectivity index (χ0v) is 17.9. The molecular weight excluding hydrogens is 370 g/mol. The summed E-state index contributed by atoms with van der Waals surface area (Å²) < 4.78 is 5.72. The van der Waals surface area contributed by atoms with E-state index in [0.717, 1.165) is 43.6 Å². The van der Waals surface area contributed by atoms with Gasteiger partial charge in [0.15, 0.2) is 0 Å². The molecule has 4 aliphatic rings. The van der Waals surface area contributed by atoms with Gasteiger partial charge in [-0.2, -0.15) is 0 Å². The van der Waals surface area contributed by atoms with Crippen LogP contribution < -0.4 is 5.73 Å². The zero-order chi connectivity index (χ0) is 20.3. The van der Waals surface area contributed by atoms with Crippen LogP contribution in [0.4, 0.5) is 0 Å². The van der Waals surface area contributed by atoms with Crippen LogP contribution >= 0.6 is 0 Å². The average molecular weight is 402 g/mol. The number of aliphatic imine (C=N–C) groups is 1. The summed E-state index contributed by atoms with van der Waals surface area (Å²) in [7, 11) is 1.85. The van der Waals surface area contributed by atoms with Crippen molar-refractivity contribution in [2.24, 2.45) is 22.1 Å². The van der Waals surface area contributed by atoms with E-state index in [1.807, 2.05) is 25.6 Å². The second-order valence-electron chi connectivity index (χ2n) is 9.99. The molecule has 4 heteroatoms. The molecule has 1 aliphatic heterocycles. The Morgan fingerprint density at radius 3 is 2.70 bits per heavy atom. The summed E-state index contributed by atoms with van der Waals surface area (Å²) in [6.07, 6.45) is 15.0. The highest BCUT2D eigenvalue weighted by Gasteiger charge is 2.62. The van der Waals surface area contributed by atoms with Crippen LogP contribution in [0.3, 0.4) is 0 Å². The van der Waals surface area contributed by atoms with Crippen molar-refractivity contribution < 1.29 is 4.74 Å². The van der Waals surface area contributed by atoms with Gasteiger partial charge in [-0.3, -0.25) is 9.98 Å². The Labute approximate surface area is 179 Å². The minimum absolute atomic E-state index is 0.0678. The summed E-state index contributed by atoms with van der Waals surface area (Å²) in [5.41, 5.74) is 12.8. The SMILES string of the molecule is COC1CCC2(CC1)Cc1ccc(CCC3CC3)cc1C21N=C(N)c2ccncc21. The van der Waals surface area contributed by atoms with Gasteiger partial charge in [0.05, 0.1) is 6.10 Å². The molecule has 3 aliphatic carbocycles. The van der Waals surface area contributed by atoms with E-state index in [9.17, 15) is 0 Å². The number of ether oxygens (including phenoxy) is 1. The van der Waals surface area contributed by atoms with E-state index < -0.39 is 0 Å². The number of rotatable bonds is 4. The smallest absolute Gasteiger partial charge is 0.127 e. The van der Waals surface area contributed by atoms with Gasteiger partial charge in [-0.05, 0) is 73.6 Å². The molecule has 1 aromatic carbocycles. The fourth-order valence-corrected chi connectivity index (χ4v) is 6.56.